The van der Waals surface area contributed by atoms with Crippen molar-refractivity contribution in [1.29, 1.82) is 0 Å². The molecule has 0 aliphatic carbocycles. The summed E-state index contributed by atoms with van der Waals surface area (Å²) in [6.45, 7) is 0. The maximum atomic E-state index is 13.7. The maximum Gasteiger partial charge on any atom is 0.267 e. The summed E-state index contributed by atoms with van der Waals surface area (Å²) < 4.78 is 11.3. The molecule has 0 unspecified atom stereocenters. The number of ketones is 1. The van der Waals surface area contributed by atoms with E-state index in [1.54, 1.807) is 62.0 Å². The smallest absolute Gasteiger partial charge is 0.267 e. The Morgan fingerprint density at radius 2 is 1.65 bits per heavy atom. The molecule has 3 aromatic heterocycles. The monoisotopic (exact) mass is 667 g/mol. The van der Waals surface area contributed by atoms with Gasteiger partial charge in [0.25, 0.3) is 5.91 Å². The summed E-state index contributed by atoms with van der Waals surface area (Å²) in [5, 5.41) is 7.70. The third-order valence-corrected chi connectivity index (χ3v) is 9.97. The number of methoxy groups -OCH3 is 2. The lowest BCUT2D eigenvalue weighted by molar-refractivity contribution is 0.102. The van der Waals surface area contributed by atoms with Crippen LogP contribution >= 0.6 is 22.7 Å². The Kier molecular flexibility index (Phi) is 8.46. The first-order valence-electron chi connectivity index (χ1n) is 15.0. The molecule has 0 saturated carbocycles. The Bertz CT molecular complexity index is 2340. The van der Waals surface area contributed by atoms with Crippen molar-refractivity contribution in [3.8, 4) is 33.9 Å². The zero-order valence-corrected chi connectivity index (χ0v) is 27.7. The van der Waals surface area contributed by atoms with Crippen molar-refractivity contribution >= 4 is 72.8 Å². The largest absolute Gasteiger partial charge is 0.497 e. The number of thiophene rings is 2. The number of amides is 1. The minimum atomic E-state index is -0.373. The van der Waals surface area contributed by atoms with Crippen LogP contribution in [0.3, 0.4) is 0 Å². The number of fused-ring (bicyclic) bond motifs is 2. The second-order valence-electron chi connectivity index (χ2n) is 10.9. The van der Waals surface area contributed by atoms with Gasteiger partial charge in [-0.2, -0.15) is 0 Å². The summed E-state index contributed by atoms with van der Waals surface area (Å²) >= 11 is 2.79. The lowest BCUT2D eigenvalue weighted by Gasteiger charge is -2.14. The highest BCUT2D eigenvalue weighted by Gasteiger charge is 2.24. The van der Waals surface area contributed by atoms with E-state index < -0.39 is 0 Å². The minimum Gasteiger partial charge on any atom is -0.497 e. The van der Waals surface area contributed by atoms with Crippen molar-refractivity contribution in [2.24, 2.45) is 0 Å². The highest BCUT2D eigenvalue weighted by Crippen LogP contribution is 2.45. The molecular formula is C39H29N3O4S2. The van der Waals surface area contributed by atoms with E-state index in [2.05, 4.69) is 23.5 Å². The number of carbonyl (C=O) groups is 2. The Hall–Kier alpha value is -5.77. The average Bonchev–Trinajstić information content (AvgIpc) is 3.77. The lowest BCUT2D eigenvalue weighted by atomic mass is 9.96. The van der Waals surface area contributed by atoms with E-state index in [4.69, 9.17) is 20.2 Å². The number of pyridine rings is 1. The van der Waals surface area contributed by atoms with Crippen LogP contribution in [-0.4, -0.2) is 30.9 Å². The number of nitrogens with one attached hydrogen (secondary N) is 1. The molecular weight excluding hydrogens is 639 g/mol. The molecule has 7 aromatic rings. The van der Waals surface area contributed by atoms with Crippen molar-refractivity contribution in [2.45, 2.75) is 0 Å². The zero-order chi connectivity index (χ0) is 33.2. The summed E-state index contributed by atoms with van der Waals surface area (Å²) in [4.78, 5) is 33.4. The zero-order valence-electron chi connectivity index (χ0n) is 26.0. The molecule has 9 heteroatoms. The first-order chi connectivity index (χ1) is 23.4. The summed E-state index contributed by atoms with van der Waals surface area (Å²) in [5.41, 5.74) is 11.4. The molecule has 7 nitrogen and oxygen atoms in total. The van der Waals surface area contributed by atoms with Gasteiger partial charge in [0.05, 0.1) is 25.6 Å². The fourth-order valence-electron chi connectivity index (χ4n) is 5.66. The Balaban J connectivity index is 1.29. The van der Waals surface area contributed by atoms with Gasteiger partial charge < -0.3 is 20.5 Å². The van der Waals surface area contributed by atoms with Crippen LogP contribution in [0.5, 0.6) is 11.5 Å². The molecule has 0 aliphatic rings. The van der Waals surface area contributed by atoms with Gasteiger partial charge in [0.1, 0.15) is 21.2 Å². The van der Waals surface area contributed by atoms with Crippen LogP contribution in [0, 0.1) is 0 Å². The van der Waals surface area contributed by atoms with Gasteiger partial charge >= 0.3 is 0 Å². The van der Waals surface area contributed by atoms with E-state index in [-0.39, 0.29) is 11.7 Å². The highest BCUT2D eigenvalue weighted by atomic mass is 32.1. The first-order valence-corrected chi connectivity index (χ1v) is 16.7. The molecule has 236 valence electrons. The van der Waals surface area contributed by atoms with Gasteiger partial charge in [0.2, 0.25) is 0 Å². The molecule has 1 amide bonds. The van der Waals surface area contributed by atoms with Gasteiger partial charge in [-0.05, 0) is 82.9 Å². The number of ether oxygens (including phenoxy) is 2. The summed E-state index contributed by atoms with van der Waals surface area (Å²) in [7, 11) is 3.23. The molecule has 48 heavy (non-hydrogen) atoms. The van der Waals surface area contributed by atoms with E-state index in [0.29, 0.717) is 43.5 Å². The number of allylic oxidation sites excluding steroid dienone is 1. The van der Waals surface area contributed by atoms with E-state index in [0.717, 1.165) is 38.0 Å². The number of nitrogens with two attached hydrogens (primary N) is 1. The van der Waals surface area contributed by atoms with Gasteiger partial charge in [0, 0.05) is 38.2 Å². The van der Waals surface area contributed by atoms with E-state index >= 15 is 0 Å². The van der Waals surface area contributed by atoms with Crippen LogP contribution in [0.15, 0.2) is 115 Å². The van der Waals surface area contributed by atoms with Crippen LogP contribution in [0.4, 0.5) is 11.4 Å². The summed E-state index contributed by atoms with van der Waals surface area (Å²) in [5.74, 6) is 0.785. The van der Waals surface area contributed by atoms with Gasteiger partial charge in [-0.1, -0.05) is 48.5 Å². The number of hydrogen-bond acceptors (Lipinski definition) is 8. The van der Waals surface area contributed by atoms with Gasteiger partial charge in [-0.3, -0.25) is 9.59 Å². The van der Waals surface area contributed by atoms with Crippen molar-refractivity contribution in [1.82, 2.24) is 4.98 Å². The second-order valence-corrected chi connectivity index (χ2v) is 12.9. The van der Waals surface area contributed by atoms with Crippen LogP contribution in [-0.2, 0) is 0 Å². The quantitative estimate of drug-likeness (QED) is 0.117. The molecule has 0 radical (unpaired) electrons. The fourth-order valence-corrected chi connectivity index (χ4v) is 7.29. The third kappa shape index (κ3) is 5.92. The Labute approximate surface area is 284 Å². The molecule has 3 N–H and O–H groups in total. The molecule has 3 heterocycles. The number of benzene rings is 4. The molecule has 4 aromatic carbocycles. The summed E-state index contributed by atoms with van der Waals surface area (Å²) in [6.07, 6.45) is 3.34. The van der Waals surface area contributed by atoms with Crippen LogP contribution in [0.2, 0.25) is 0 Å². The molecule has 0 aliphatic heterocycles. The van der Waals surface area contributed by atoms with Crippen molar-refractivity contribution in [3.05, 3.63) is 130 Å². The number of aromatic nitrogens is 1. The Morgan fingerprint density at radius 3 is 2.42 bits per heavy atom. The van der Waals surface area contributed by atoms with Crippen LogP contribution in [0.25, 0.3) is 49.4 Å². The van der Waals surface area contributed by atoms with E-state index in [1.165, 1.54) is 11.3 Å². The maximum absolute atomic E-state index is 13.7. The molecule has 0 atom stereocenters. The summed E-state index contributed by atoms with van der Waals surface area (Å²) in [6, 6.07) is 32.5. The van der Waals surface area contributed by atoms with Crippen molar-refractivity contribution < 1.29 is 19.1 Å². The van der Waals surface area contributed by atoms with Crippen molar-refractivity contribution in [2.75, 3.05) is 25.3 Å². The third-order valence-electron chi connectivity index (χ3n) is 8.04. The second kappa shape index (κ2) is 13.2. The molecule has 0 saturated heterocycles. The SMILES string of the molecule is COc1ccc(OC)c(-c2cc(-c3cccc4ccccc34)nc3sc(C(=O)Nc4ccc(C(=O)/C=C/c5cccs5)cc4)c(N)c23)c1. The first kappa shape index (κ1) is 30.9. The number of nitrogens with zero attached hydrogens (tertiary/aromatic N) is 1. The van der Waals surface area contributed by atoms with Crippen LogP contribution < -0.4 is 20.5 Å². The number of carbonyl (C=O) groups excluding carboxylic acids is 2. The molecule has 0 bridgehead atoms. The topological polar surface area (TPSA) is 104 Å². The van der Waals surface area contributed by atoms with Crippen molar-refractivity contribution in [3.63, 3.8) is 0 Å². The fraction of sp³-hybridized carbons (Fsp3) is 0.0513. The Morgan fingerprint density at radius 1 is 0.833 bits per heavy atom. The number of hydrogen-bond donors (Lipinski definition) is 2. The molecule has 7 rings (SSSR count). The van der Waals surface area contributed by atoms with E-state index in [9.17, 15) is 9.59 Å². The lowest BCUT2D eigenvalue weighted by Crippen LogP contribution is -2.12. The van der Waals surface area contributed by atoms with Gasteiger partial charge in [0.15, 0.2) is 5.78 Å². The average molecular weight is 668 g/mol. The normalized spacial score (nSPS) is 11.3. The van der Waals surface area contributed by atoms with Gasteiger partial charge in [-0.15, -0.1) is 22.7 Å². The van der Waals surface area contributed by atoms with E-state index in [1.807, 2.05) is 66.0 Å². The van der Waals surface area contributed by atoms with Gasteiger partial charge in [-0.25, -0.2) is 4.98 Å². The number of rotatable bonds is 9. The number of anilines is 2. The standard InChI is InChI=1S/C39H29N3O4S2/c1-45-26-16-19-34(46-2)30(21-26)31-22-32(29-11-5-8-23-7-3-4-10-28(23)29)42-39-35(31)36(40)37(48-39)38(44)41-25-14-12-24(13-15-25)33(43)18-17-27-9-6-20-47-27/h3-22H,40H2,1-2H3,(H,41,44)/b18-17+. The minimum absolute atomic E-state index is 0.122. The van der Waals surface area contributed by atoms with Crippen LogP contribution in [0.1, 0.15) is 24.9 Å². The predicted molar refractivity (Wildman–Crippen MR) is 198 cm³/mol. The predicted octanol–water partition coefficient (Wildman–Crippen LogP) is 9.59. The molecule has 0 spiro atoms. The molecule has 0 fully saturated rings. The highest BCUT2D eigenvalue weighted by molar-refractivity contribution is 7.21. The number of nitrogen functional groups attached to an aromatic ring is 1.